The van der Waals surface area contributed by atoms with Crippen molar-refractivity contribution in [2.75, 3.05) is 53.5 Å². The fourth-order valence-corrected chi connectivity index (χ4v) is 2.62. The largest absolute Gasteiger partial charge is 0.381 e. The van der Waals surface area contributed by atoms with Crippen LogP contribution in [0.5, 0.6) is 0 Å². The summed E-state index contributed by atoms with van der Waals surface area (Å²) < 4.78 is 5.46. The zero-order valence-corrected chi connectivity index (χ0v) is 15.0. The summed E-state index contributed by atoms with van der Waals surface area (Å²) in [5.74, 6) is -0.0864. The molecule has 2 amide bonds. The molecule has 0 aromatic heterocycles. The summed E-state index contributed by atoms with van der Waals surface area (Å²) in [6.45, 7) is 6.49. The van der Waals surface area contributed by atoms with Crippen molar-refractivity contribution in [2.45, 2.75) is 39.0 Å². The highest BCUT2D eigenvalue weighted by atomic mass is 16.5. The van der Waals surface area contributed by atoms with E-state index in [0.29, 0.717) is 26.1 Å². The lowest BCUT2D eigenvalue weighted by Gasteiger charge is -2.18. The Morgan fingerprint density at radius 2 is 2.04 bits per heavy atom. The summed E-state index contributed by atoms with van der Waals surface area (Å²) in [6.07, 6.45) is 4.34. The number of unbranched alkanes of at least 4 members (excludes halogenated alkanes) is 1. The fourth-order valence-electron chi connectivity index (χ4n) is 2.62. The van der Waals surface area contributed by atoms with Gasteiger partial charge in [0.1, 0.15) is 0 Å². The van der Waals surface area contributed by atoms with E-state index in [-0.39, 0.29) is 17.7 Å². The van der Waals surface area contributed by atoms with Crippen LogP contribution >= 0.6 is 0 Å². The topological polar surface area (TPSA) is 61.9 Å². The second-order valence-corrected chi connectivity index (χ2v) is 6.51. The van der Waals surface area contributed by atoms with Gasteiger partial charge in [-0.15, -0.1) is 0 Å². The van der Waals surface area contributed by atoms with Gasteiger partial charge in [-0.25, -0.2) is 0 Å². The monoisotopic (exact) mass is 327 g/mol. The van der Waals surface area contributed by atoms with Gasteiger partial charge in [0.15, 0.2) is 0 Å². The summed E-state index contributed by atoms with van der Waals surface area (Å²) in [5.41, 5.74) is 0. The zero-order chi connectivity index (χ0) is 17.1. The number of carbonyl (C=O) groups excluding carboxylic acids is 2. The average Bonchev–Trinajstić information content (AvgIpc) is 2.87. The molecule has 1 rings (SSSR count). The quantitative estimate of drug-likeness (QED) is 0.546. The van der Waals surface area contributed by atoms with Crippen molar-refractivity contribution in [3.63, 3.8) is 0 Å². The van der Waals surface area contributed by atoms with Gasteiger partial charge in [0.25, 0.3) is 0 Å². The van der Waals surface area contributed by atoms with Crippen molar-refractivity contribution < 1.29 is 14.3 Å². The summed E-state index contributed by atoms with van der Waals surface area (Å²) in [7, 11) is 4.04. The fraction of sp³-hybridized carbons (Fsp3) is 0.882. The minimum absolute atomic E-state index is 0.00187. The highest BCUT2D eigenvalue weighted by Gasteiger charge is 2.33. The number of rotatable bonds is 12. The lowest BCUT2D eigenvalue weighted by atomic mass is 10.1. The van der Waals surface area contributed by atoms with Gasteiger partial charge in [-0.2, -0.15) is 0 Å². The van der Waals surface area contributed by atoms with Gasteiger partial charge in [0.2, 0.25) is 11.8 Å². The first-order valence-corrected chi connectivity index (χ1v) is 8.82. The van der Waals surface area contributed by atoms with Gasteiger partial charge < -0.3 is 19.9 Å². The van der Waals surface area contributed by atoms with E-state index in [9.17, 15) is 9.59 Å². The van der Waals surface area contributed by atoms with Crippen LogP contribution in [0.1, 0.15) is 39.0 Å². The van der Waals surface area contributed by atoms with E-state index in [1.54, 1.807) is 0 Å². The molecule has 1 unspecified atom stereocenters. The van der Waals surface area contributed by atoms with Crippen LogP contribution in [0, 0.1) is 5.92 Å². The Labute approximate surface area is 140 Å². The Balaban J connectivity index is 2.13. The number of hydrogen-bond acceptors (Lipinski definition) is 4. The lowest BCUT2D eigenvalue weighted by molar-refractivity contribution is -0.129. The number of nitrogens with one attached hydrogen (secondary N) is 1. The number of likely N-dealkylation sites (tertiary alicyclic amines) is 1. The van der Waals surface area contributed by atoms with E-state index in [1.807, 2.05) is 19.0 Å². The molecule has 1 atom stereocenters. The molecule has 0 aromatic carbocycles. The van der Waals surface area contributed by atoms with E-state index < -0.39 is 0 Å². The van der Waals surface area contributed by atoms with E-state index in [2.05, 4.69) is 17.1 Å². The molecule has 0 aliphatic carbocycles. The van der Waals surface area contributed by atoms with Crippen LogP contribution in [0.3, 0.4) is 0 Å². The maximum atomic E-state index is 12.1. The molecule has 1 heterocycles. The van der Waals surface area contributed by atoms with Crippen LogP contribution in [0.2, 0.25) is 0 Å². The Morgan fingerprint density at radius 1 is 1.30 bits per heavy atom. The molecule has 0 saturated carbocycles. The summed E-state index contributed by atoms with van der Waals surface area (Å²) >= 11 is 0. The van der Waals surface area contributed by atoms with Crippen molar-refractivity contribution in [2.24, 2.45) is 5.92 Å². The van der Waals surface area contributed by atoms with Crippen LogP contribution < -0.4 is 5.32 Å². The van der Waals surface area contributed by atoms with Crippen LogP contribution in [0.25, 0.3) is 0 Å². The molecule has 23 heavy (non-hydrogen) atoms. The molecule has 134 valence electrons. The van der Waals surface area contributed by atoms with Crippen LogP contribution in [-0.4, -0.2) is 75.1 Å². The van der Waals surface area contributed by atoms with Crippen molar-refractivity contribution in [1.29, 1.82) is 0 Å². The van der Waals surface area contributed by atoms with Gasteiger partial charge in [-0.05, 0) is 39.9 Å². The number of ether oxygens (including phenoxy) is 1. The van der Waals surface area contributed by atoms with Crippen molar-refractivity contribution >= 4 is 11.8 Å². The number of hydrogen-bond donors (Lipinski definition) is 1. The van der Waals surface area contributed by atoms with Crippen LogP contribution in [-0.2, 0) is 14.3 Å². The second kappa shape index (κ2) is 11.4. The first kappa shape index (κ1) is 19.9. The minimum Gasteiger partial charge on any atom is -0.381 e. The van der Waals surface area contributed by atoms with Gasteiger partial charge in [-0.3, -0.25) is 9.59 Å². The second-order valence-electron chi connectivity index (χ2n) is 6.51. The Morgan fingerprint density at radius 3 is 2.74 bits per heavy atom. The molecule has 1 aliphatic rings. The number of carbonyl (C=O) groups is 2. The first-order chi connectivity index (χ1) is 11.0. The minimum atomic E-state index is -0.192. The summed E-state index contributed by atoms with van der Waals surface area (Å²) in [5, 5.41) is 2.92. The van der Waals surface area contributed by atoms with Crippen molar-refractivity contribution in [1.82, 2.24) is 15.1 Å². The molecule has 1 N–H and O–H groups in total. The predicted octanol–water partition coefficient (Wildman–Crippen LogP) is 1.11. The van der Waals surface area contributed by atoms with Gasteiger partial charge >= 0.3 is 0 Å². The molecule has 0 spiro atoms. The third-order valence-electron chi connectivity index (χ3n) is 4.03. The average molecular weight is 327 g/mol. The van der Waals surface area contributed by atoms with Gasteiger partial charge in [0.05, 0.1) is 5.92 Å². The maximum Gasteiger partial charge on any atom is 0.225 e. The molecule has 0 aromatic rings. The molecule has 1 saturated heterocycles. The molecule has 0 bridgehead atoms. The molecule has 6 heteroatoms. The van der Waals surface area contributed by atoms with E-state index >= 15 is 0 Å². The van der Waals surface area contributed by atoms with E-state index in [4.69, 9.17) is 4.74 Å². The van der Waals surface area contributed by atoms with Crippen molar-refractivity contribution in [3.05, 3.63) is 0 Å². The Hall–Kier alpha value is -1.14. The third-order valence-corrected chi connectivity index (χ3v) is 4.03. The predicted molar refractivity (Wildman–Crippen MR) is 91.2 cm³/mol. The molecule has 1 fully saturated rings. The smallest absolute Gasteiger partial charge is 0.225 e. The van der Waals surface area contributed by atoms with Crippen LogP contribution in [0.4, 0.5) is 0 Å². The Bertz CT molecular complexity index is 361. The molecular formula is C17H33N3O3. The third kappa shape index (κ3) is 8.32. The molecular weight excluding hydrogens is 294 g/mol. The van der Waals surface area contributed by atoms with Crippen molar-refractivity contribution in [3.8, 4) is 0 Å². The number of nitrogens with zero attached hydrogens (tertiary/aromatic N) is 2. The maximum absolute atomic E-state index is 12.1. The molecule has 1 aliphatic heterocycles. The highest BCUT2D eigenvalue weighted by Crippen LogP contribution is 2.18. The molecule has 0 radical (unpaired) electrons. The number of amides is 2. The van der Waals surface area contributed by atoms with E-state index in [0.717, 1.165) is 45.4 Å². The van der Waals surface area contributed by atoms with Crippen LogP contribution in [0.15, 0.2) is 0 Å². The molecule has 6 nitrogen and oxygen atoms in total. The SMILES string of the molecule is CCCCOCCCNC(=O)C1CC(=O)N(CCCN(C)C)C1. The van der Waals surface area contributed by atoms with Gasteiger partial charge in [-0.1, -0.05) is 13.3 Å². The summed E-state index contributed by atoms with van der Waals surface area (Å²) in [6, 6.07) is 0. The highest BCUT2D eigenvalue weighted by molar-refractivity contribution is 5.89. The first-order valence-electron chi connectivity index (χ1n) is 8.82. The standard InChI is InChI=1S/C17H33N3O3/c1-4-5-11-23-12-6-8-18-17(22)15-13-16(21)20(14-15)10-7-9-19(2)3/h15H,4-14H2,1-3H3,(H,18,22). The van der Waals surface area contributed by atoms with E-state index in [1.165, 1.54) is 0 Å². The zero-order valence-electron chi connectivity index (χ0n) is 15.0. The summed E-state index contributed by atoms with van der Waals surface area (Å²) in [4.78, 5) is 28.0. The lowest BCUT2D eigenvalue weighted by Crippen LogP contribution is -2.34. The van der Waals surface area contributed by atoms with Gasteiger partial charge in [0, 0.05) is 39.3 Å². The Kier molecular flexibility index (Phi) is 9.87. The normalized spacial score (nSPS) is 18.0.